The first kappa shape index (κ1) is 19.1. The predicted molar refractivity (Wildman–Crippen MR) is 105 cm³/mol. The van der Waals surface area contributed by atoms with Gasteiger partial charge in [-0.25, -0.2) is 8.42 Å². The number of carbonyl (C=O) groups excluding carboxylic acids is 1. The summed E-state index contributed by atoms with van der Waals surface area (Å²) in [6, 6.07) is 9.70. The molecule has 0 aliphatic rings. The Morgan fingerprint density at radius 1 is 1.19 bits per heavy atom. The molecule has 1 amide bonds. The topological polar surface area (TPSA) is 97.6 Å². The molecule has 0 aliphatic carbocycles. The molecule has 3 rings (SSSR count). The predicted octanol–water partition coefficient (Wildman–Crippen LogP) is 4.03. The van der Waals surface area contributed by atoms with Gasteiger partial charge in [-0.3, -0.25) is 9.52 Å². The molecule has 0 saturated heterocycles. The highest BCUT2D eigenvalue weighted by Crippen LogP contribution is 2.31. The van der Waals surface area contributed by atoms with Crippen LogP contribution in [0.4, 0.5) is 11.4 Å². The van der Waals surface area contributed by atoms with Gasteiger partial charge < -0.3 is 14.5 Å². The van der Waals surface area contributed by atoms with E-state index in [2.05, 4.69) is 10.0 Å². The number of methoxy groups -OCH3 is 1. The third kappa shape index (κ3) is 4.17. The van der Waals surface area contributed by atoms with E-state index in [4.69, 9.17) is 20.8 Å². The van der Waals surface area contributed by atoms with E-state index in [1.54, 1.807) is 31.2 Å². The first-order valence-corrected chi connectivity index (χ1v) is 10.1. The molecule has 3 aromatic rings. The van der Waals surface area contributed by atoms with Crippen LogP contribution in [-0.4, -0.2) is 27.7 Å². The van der Waals surface area contributed by atoms with Gasteiger partial charge in [0.2, 0.25) is 10.0 Å². The van der Waals surface area contributed by atoms with Crippen LogP contribution in [0.2, 0.25) is 5.02 Å². The monoisotopic (exact) mass is 408 g/mol. The first-order valence-electron chi connectivity index (χ1n) is 7.84. The molecule has 0 spiro atoms. The van der Waals surface area contributed by atoms with Crippen LogP contribution in [0.1, 0.15) is 16.1 Å². The maximum Gasteiger partial charge on any atom is 0.291 e. The standard InChI is InChI=1S/C18H17ClN2O5S/c1-10-13-8-11(19)4-7-15(13)26-17(10)18(22)20-12-5-6-14(16(9-12)25-2)21-27(3,23)24/h4-9,21H,1-3H3,(H,20,22). The van der Waals surface area contributed by atoms with E-state index >= 15 is 0 Å². The van der Waals surface area contributed by atoms with Crippen molar-refractivity contribution in [3.05, 3.63) is 52.7 Å². The number of sulfonamides is 1. The Kier molecular flexibility index (Phi) is 5.03. The number of furan rings is 1. The fourth-order valence-corrected chi connectivity index (χ4v) is 3.39. The molecule has 0 bridgehead atoms. The van der Waals surface area contributed by atoms with E-state index in [0.29, 0.717) is 21.9 Å². The number of benzene rings is 2. The summed E-state index contributed by atoms with van der Waals surface area (Å²) in [5.41, 5.74) is 1.93. The highest BCUT2D eigenvalue weighted by atomic mass is 35.5. The minimum Gasteiger partial charge on any atom is -0.494 e. The maximum atomic E-state index is 12.6. The van der Waals surface area contributed by atoms with Crippen LogP contribution in [0.25, 0.3) is 11.0 Å². The Morgan fingerprint density at radius 3 is 2.59 bits per heavy atom. The summed E-state index contributed by atoms with van der Waals surface area (Å²) >= 11 is 6.00. The molecule has 0 aliphatic heterocycles. The molecule has 0 atom stereocenters. The number of aryl methyl sites for hydroxylation is 1. The Labute approximate surface area is 161 Å². The van der Waals surface area contributed by atoms with E-state index < -0.39 is 15.9 Å². The average Bonchev–Trinajstić information content (AvgIpc) is 2.91. The molecule has 0 fully saturated rings. The van der Waals surface area contributed by atoms with E-state index in [1.807, 2.05) is 0 Å². The summed E-state index contributed by atoms with van der Waals surface area (Å²) in [5.74, 6) is 0.00148. The van der Waals surface area contributed by atoms with Gasteiger partial charge in [-0.05, 0) is 37.3 Å². The van der Waals surface area contributed by atoms with Gasteiger partial charge in [-0.1, -0.05) is 11.6 Å². The van der Waals surface area contributed by atoms with Crippen LogP contribution in [0.5, 0.6) is 5.75 Å². The normalized spacial score (nSPS) is 11.4. The van der Waals surface area contributed by atoms with E-state index in [-0.39, 0.29) is 17.2 Å². The molecule has 142 valence electrons. The van der Waals surface area contributed by atoms with Crippen molar-refractivity contribution in [2.45, 2.75) is 6.92 Å². The highest BCUT2D eigenvalue weighted by molar-refractivity contribution is 7.92. The van der Waals surface area contributed by atoms with Gasteiger partial charge in [0.1, 0.15) is 11.3 Å². The number of nitrogens with one attached hydrogen (secondary N) is 2. The lowest BCUT2D eigenvalue weighted by Gasteiger charge is -2.12. The van der Waals surface area contributed by atoms with Crippen LogP contribution in [-0.2, 0) is 10.0 Å². The number of fused-ring (bicyclic) bond motifs is 1. The lowest BCUT2D eigenvalue weighted by Crippen LogP contribution is -2.13. The zero-order chi connectivity index (χ0) is 19.8. The fourth-order valence-electron chi connectivity index (χ4n) is 2.65. The van der Waals surface area contributed by atoms with Crippen LogP contribution in [0.3, 0.4) is 0 Å². The largest absolute Gasteiger partial charge is 0.494 e. The molecule has 2 N–H and O–H groups in total. The van der Waals surface area contributed by atoms with Crippen molar-refractivity contribution < 1.29 is 22.4 Å². The molecule has 0 radical (unpaired) electrons. The number of hydrogen-bond acceptors (Lipinski definition) is 5. The number of rotatable bonds is 5. The molecule has 9 heteroatoms. The molecular weight excluding hydrogens is 392 g/mol. The maximum absolute atomic E-state index is 12.6. The summed E-state index contributed by atoms with van der Waals surface area (Å²) in [7, 11) is -2.05. The van der Waals surface area contributed by atoms with Crippen molar-refractivity contribution in [2.75, 3.05) is 23.4 Å². The van der Waals surface area contributed by atoms with Gasteiger partial charge in [0.25, 0.3) is 5.91 Å². The van der Waals surface area contributed by atoms with Crippen molar-refractivity contribution in [3.63, 3.8) is 0 Å². The van der Waals surface area contributed by atoms with E-state index in [1.165, 1.54) is 19.2 Å². The summed E-state index contributed by atoms with van der Waals surface area (Å²) in [6.45, 7) is 1.77. The number of carbonyl (C=O) groups is 1. The smallest absolute Gasteiger partial charge is 0.291 e. The van der Waals surface area contributed by atoms with Gasteiger partial charge >= 0.3 is 0 Å². The van der Waals surface area contributed by atoms with Gasteiger partial charge in [-0.2, -0.15) is 0 Å². The quantitative estimate of drug-likeness (QED) is 0.664. The van der Waals surface area contributed by atoms with Crippen molar-refractivity contribution >= 4 is 49.9 Å². The van der Waals surface area contributed by atoms with E-state index in [9.17, 15) is 13.2 Å². The minimum absolute atomic E-state index is 0.171. The first-order chi connectivity index (χ1) is 12.7. The minimum atomic E-state index is -3.46. The van der Waals surface area contributed by atoms with Gasteiger partial charge in [0, 0.05) is 27.7 Å². The van der Waals surface area contributed by atoms with E-state index in [0.717, 1.165) is 11.6 Å². The molecule has 0 saturated carbocycles. The fraction of sp³-hybridized carbons (Fsp3) is 0.167. The molecular formula is C18H17ClN2O5S. The van der Waals surface area contributed by atoms with Crippen LogP contribution in [0.15, 0.2) is 40.8 Å². The molecule has 0 unspecified atom stereocenters. The Bertz CT molecular complexity index is 1140. The molecule has 1 heterocycles. The highest BCUT2D eigenvalue weighted by Gasteiger charge is 2.19. The van der Waals surface area contributed by atoms with Gasteiger partial charge in [-0.15, -0.1) is 0 Å². The third-order valence-electron chi connectivity index (χ3n) is 3.86. The second-order valence-electron chi connectivity index (χ2n) is 5.94. The van der Waals surface area contributed by atoms with Crippen molar-refractivity contribution in [1.82, 2.24) is 0 Å². The number of anilines is 2. The molecule has 27 heavy (non-hydrogen) atoms. The third-order valence-corrected chi connectivity index (χ3v) is 4.69. The van der Waals surface area contributed by atoms with Crippen LogP contribution < -0.4 is 14.8 Å². The Morgan fingerprint density at radius 2 is 1.93 bits per heavy atom. The van der Waals surface area contributed by atoms with Crippen molar-refractivity contribution in [2.24, 2.45) is 0 Å². The zero-order valence-electron chi connectivity index (χ0n) is 14.8. The van der Waals surface area contributed by atoms with Crippen molar-refractivity contribution in [1.29, 1.82) is 0 Å². The van der Waals surface area contributed by atoms with Crippen LogP contribution in [0, 0.1) is 6.92 Å². The zero-order valence-corrected chi connectivity index (χ0v) is 16.4. The summed E-state index contributed by atoms with van der Waals surface area (Å²) in [4.78, 5) is 12.6. The molecule has 7 nitrogen and oxygen atoms in total. The second-order valence-corrected chi connectivity index (χ2v) is 8.12. The average molecular weight is 409 g/mol. The Balaban J connectivity index is 1.89. The summed E-state index contributed by atoms with van der Waals surface area (Å²) < 4.78 is 36.0. The van der Waals surface area contributed by atoms with Gasteiger partial charge in [0.05, 0.1) is 19.1 Å². The lowest BCUT2D eigenvalue weighted by molar-refractivity contribution is 0.0998. The lowest BCUT2D eigenvalue weighted by atomic mass is 10.1. The number of ether oxygens (including phenoxy) is 1. The second kappa shape index (κ2) is 7.13. The Hall–Kier alpha value is -2.71. The number of amides is 1. The van der Waals surface area contributed by atoms with Crippen molar-refractivity contribution in [3.8, 4) is 5.75 Å². The number of hydrogen-bond donors (Lipinski definition) is 2. The SMILES string of the molecule is COc1cc(NC(=O)c2oc3ccc(Cl)cc3c2C)ccc1NS(C)(=O)=O. The summed E-state index contributed by atoms with van der Waals surface area (Å²) in [5, 5.41) is 4.03. The summed E-state index contributed by atoms with van der Waals surface area (Å²) in [6.07, 6.45) is 1.04. The van der Waals surface area contributed by atoms with Crippen LogP contribution >= 0.6 is 11.6 Å². The number of halogens is 1. The molecule has 1 aromatic heterocycles. The van der Waals surface area contributed by atoms with Gasteiger partial charge in [0.15, 0.2) is 5.76 Å². The molecule has 2 aromatic carbocycles.